The molecule has 0 fully saturated rings. The van der Waals surface area contributed by atoms with Crippen molar-refractivity contribution in [3.05, 3.63) is 34.7 Å². The lowest BCUT2D eigenvalue weighted by Crippen LogP contribution is -1.94. The van der Waals surface area contributed by atoms with Gasteiger partial charge in [0.1, 0.15) is 0 Å². The molecule has 0 aliphatic heterocycles. The van der Waals surface area contributed by atoms with E-state index < -0.39 is 12.0 Å². The quantitative estimate of drug-likeness (QED) is 0.526. The lowest BCUT2D eigenvalue weighted by Gasteiger charge is -1.98. The van der Waals surface area contributed by atoms with Crippen LogP contribution in [0.5, 0.6) is 0 Å². The molecule has 2 rings (SSSR count). The fourth-order valence-corrected chi connectivity index (χ4v) is 1.39. The maximum atomic E-state index is 13.0. The molecule has 0 bridgehead atoms. The minimum atomic E-state index is -1.05. The van der Waals surface area contributed by atoms with Crippen molar-refractivity contribution in [1.82, 2.24) is 9.97 Å². The van der Waals surface area contributed by atoms with Gasteiger partial charge < -0.3 is 0 Å². The molecule has 0 saturated carbocycles. The van der Waals surface area contributed by atoms with Crippen molar-refractivity contribution in [2.75, 3.05) is 0 Å². The summed E-state index contributed by atoms with van der Waals surface area (Å²) < 4.78 is 26.2. The molecule has 0 aliphatic rings. The van der Waals surface area contributed by atoms with Crippen LogP contribution in [0.15, 0.2) is 22.7 Å². The van der Waals surface area contributed by atoms with Gasteiger partial charge in [-0.2, -0.15) is 13.8 Å². The average molecular weight is 245 g/mol. The monoisotopic (exact) mass is 244 g/mol. The molecule has 0 atom stereocenters. The first-order chi connectivity index (χ1) is 6.16. The van der Waals surface area contributed by atoms with Crippen LogP contribution in [0.25, 0.3) is 10.9 Å². The first-order valence-corrected chi connectivity index (χ1v) is 4.24. The molecular weight excluding hydrogens is 242 g/mol. The van der Waals surface area contributed by atoms with Crippen molar-refractivity contribution >= 4 is 26.8 Å². The van der Waals surface area contributed by atoms with E-state index in [1.807, 2.05) is 0 Å². The molecule has 2 aromatic rings. The van der Waals surface area contributed by atoms with Crippen LogP contribution in [0.4, 0.5) is 8.78 Å². The van der Waals surface area contributed by atoms with E-state index in [0.717, 1.165) is 4.47 Å². The minimum absolute atomic E-state index is 0.213. The summed E-state index contributed by atoms with van der Waals surface area (Å²) in [5.41, 5.74) is 0.249. The van der Waals surface area contributed by atoms with Gasteiger partial charge in [0.05, 0.1) is 10.9 Å². The third-order valence-corrected chi connectivity index (χ3v) is 2.08. The van der Waals surface area contributed by atoms with Crippen LogP contribution in [0.2, 0.25) is 0 Å². The van der Waals surface area contributed by atoms with Crippen molar-refractivity contribution in [3.63, 3.8) is 0 Å². The van der Waals surface area contributed by atoms with Gasteiger partial charge in [-0.05, 0) is 18.2 Å². The Morgan fingerprint density at radius 3 is 2.69 bits per heavy atom. The summed E-state index contributed by atoms with van der Waals surface area (Å²) in [4.78, 5) is 6.42. The minimum Gasteiger partial charge on any atom is -0.202 e. The Kier molecular flexibility index (Phi) is 1.95. The number of benzene rings is 1. The average Bonchev–Trinajstić information content (AvgIpc) is 2.02. The Labute approximate surface area is 80.8 Å². The van der Waals surface area contributed by atoms with E-state index in [2.05, 4.69) is 25.9 Å². The number of hydrogen-bond donors (Lipinski definition) is 0. The van der Waals surface area contributed by atoms with Gasteiger partial charge in [0, 0.05) is 4.47 Å². The normalized spacial score (nSPS) is 10.7. The Hall–Kier alpha value is -1.10. The van der Waals surface area contributed by atoms with Gasteiger partial charge in [0.25, 0.3) is 0 Å². The van der Waals surface area contributed by atoms with Crippen molar-refractivity contribution in [1.29, 1.82) is 0 Å². The number of fused-ring (bicyclic) bond motifs is 1. The molecule has 2 nitrogen and oxygen atoms in total. The van der Waals surface area contributed by atoms with Crippen molar-refractivity contribution < 1.29 is 8.78 Å². The van der Waals surface area contributed by atoms with Gasteiger partial charge in [-0.25, -0.2) is 4.98 Å². The summed E-state index contributed by atoms with van der Waals surface area (Å²) in [5.74, 6) is -0.838. The van der Waals surface area contributed by atoms with Gasteiger partial charge in [0.15, 0.2) is 0 Å². The van der Waals surface area contributed by atoms with Crippen molar-refractivity contribution in [2.45, 2.75) is 0 Å². The topological polar surface area (TPSA) is 25.8 Å². The van der Waals surface area contributed by atoms with Gasteiger partial charge >= 0.3 is 6.08 Å². The first kappa shape index (κ1) is 8.50. The molecular formula is C8H3BrF2N2. The summed E-state index contributed by atoms with van der Waals surface area (Å²) in [6, 6.07) is 4.67. The number of hydrogen-bond acceptors (Lipinski definition) is 2. The van der Waals surface area contributed by atoms with Crippen LogP contribution in [0.3, 0.4) is 0 Å². The molecule has 0 amide bonds. The zero-order valence-electron chi connectivity index (χ0n) is 6.26. The van der Waals surface area contributed by atoms with Crippen molar-refractivity contribution in [3.8, 4) is 0 Å². The highest BCUT2D eigenvalue weighted by Crippen LogP contribution is 2.19. The Balaban J connectivity index is 2.86. The molecule has 0 saturated heterocycles. The van der Waals surface area contributed by atoms with Crippen LogP contribution < -0.4 is 0 Å². The van der Waals surface area contributed by atoms with Crippen molar-refractivity contribution in [2.24, 2.45) is 0 Å². The zero-order valence-corrected chi connectivity index (χ0v) is 7.85. The Morgan fingerprint density at radius 2 is 1.92 bits per heavy atom. The van der Waals surface area contributed by atoms with Gasteiger partial charge in [-0.3, -0.25) is 0 Å². The SMILES string of the molecule is Fc1nc(F)c2ccc(Br)cc2n1. The molecule has 0 unspecified atom stereocenters. The largest absolute Gasteiger partial charge is 0.311 e. The van der Waals surface area contributed by atoms with Crippen LogP contribution in [0, 0.1) is 12.0 Å². The van der Waals surface area contributed by atoms with Gasteiger partial charge in [-0.1, -0.05) is 15.9 Å². The third kappa shape index (κ3) is 1.51. The highest BCUT2D eigenvalue weighted by molar-refractivity contribution is 9.10. The molecule has 1 heterocycles. The fourth-order valence-electron chi connectivity index (χ4n) is 1.04. The fraction of sp³-hybridized carbons (Fsp3) is 0. The second-order valence-electron chi connectivity index (χ2n) is 2.44. The zero-order chi connectivity index (χ0) is 9.42. The molecule has 66 valence electrons. The summed E-state index contributed by atoms with van der Waals surface area (Å²) >= 11 is 3.18. The van der Waals surface area contributed by atoms with Crippen LogP contribution in [0.1, 0.15) is 0 Å². The van der Waals surface area contributed by atoms with E-state index in [0.29, 0.717) is 0 Å². The van der Waals surface area contributed by atoms with Gasteiger partial charge in [-0.15, -0.1) is 0 Å². The number of rotatable bonds is 0. The molecule has 0 aliphatic carbocycles. The summed E-state index contributed by atoms with van der Waals surface area (Å²) in [6.07, 6.45) is -1.05. The van der Waals surface area contributed by atoms with Crippen LogP contribution >= 0.6 is 15.9 Å². The molecule has 13 heavy (non-hydrogen) atoms. The summed E-state index contributed by atoms with van der Waals surface area (Å²) in [7, 11) is 0. The molecule has 0 spiro atoms. The second kappa shape index (κ2) is 2.99. The molecule has 0 radical (unpaired) electrons. The second-order valence-corrected chi connectivity index (χ2v) is 3.36. The Morgan fingerprint density at radius 1 is 1.15 bits per heavy atom. The van der Waals surface area contributed by atoms with E-state index in [1.54, 1.807) is 6.07 Å². The summed E-state index contributed by atoms with van der Waals surface area (Å²) in [6.45, 7) is 0. The lowest BCUT2D eigenvalue weighted by molar-refractivity contribution is 0.494. The predicted octanol–water partition coefficient (Wildman–Crippen LogP) is 2.67. The molecule has 0 N–H and O–H groups in total. The number of halogens is 3. The van der Waals surface area contributed by atoms with E-state index in [9.17, 15) is 8.78 Å². The highest BCUT2D eigenvalue weighted by atomic mass is 79.9. The Bertz CT molecular complexity index is 468. The standard InChI is InChI=1S/C8H3BrF2N2/c9-4-1-2-5-6(3-4)12-8(11)13-7(5)10/h1-3H. The van der Waals surface area contributed by atoms with E-state index in [1.165, 1.54) is 12.1 Å². The molecule has 5 heteroatoms. The number of nitrogens with zero attached hydrogens (tertiary/aromatic N) is 2. The van der Waals surface area contributed by atoms with Crippen LogP contribution in [-0.2, 0) is 0 Å². The third-order valence-electron chi connectivity index (χ3n) is 1.59. The molecule has 1 aromatic carbocycles. The van der Waals surface area contributed by atoms with Crippen LogP contribution in [-0.4, -0.2) is 9.97 Å². The summed E-state index contributed by atoms with van der Waals surface area (Å²) in [5, 5.41) is 0.213. The lowest BCUT2D eigenvalue weighted by atomic mass is 10.2. The maximum absolute atomic E-state index is 13.0. The molecule has 1 aromatic heterocycles. The number of aromatic nitrogens is 2. The van der Waals surface area contributed by atoms with E-state index in [4.69, 9.17) is 0 Å². The van der Waals surface area contributed by atoms with E-state index >= 15 is 0 Å². The van der Waals surface area contributed by atoms with Gasteiger partial charge in [0.2, 0.25) is 5.95 Å². The highest BCUT2D eigenvalue weighted by Gasteiger charge is 2.06. The predicted molar refractivity (Wildman–Crippen MR) is 47.2 cm³/mol. The van der Waals surface area contributed by atoms with E-state index in [-0.39, 0.29) is 10.9 Å². The first-order valence-electron chi connectivity index (χ1n) is 3.45. The smallest absolute Gasteiger partial charge is 0.202 e. The maximum Gasteiger partial charge on any atom is 0.311 e.